The van der Waals surface area contributed by atoms with Gasteiger partial charge in [-0.2, -0.15) is 14.6 Å². The van der Waals surface area contributed by atoms with E-state index in [0.717, 1.165) is 4.68 Å². The highest BCUT2D eigenvalue weighted by atomic mass is 35.5. The van der Waals surface area contributed by atoms with Crippen molar-refractivity contribution in [3.63, 3.8) is 0 Å². The Labute approximate surface area is 221 Å². The lowest BCUT2D eigenvalue weighted by Crippen LogP contribution is -2.44. The number of halogens is 5. The van der Waals surface area contributed by atoms with Crippen LogP contribution in [0.3, 0.4) is 0 Å². The molecule has 0 aliphatic heterocycles. The van der Waals surface area contributed by atoms with E-state index in [0.29, 0.717) is 29.8 Å². The quantitative estimate of drug-likeness (QED) is 0.221. The molecule has 0 saturated heterocycles. The van der Waals surface area contributed by atoms with Gasteiger partial charge in [0.25, 0.3) is 5.91 Å². The summed E-state index contributed by atoms with van der Waals surface area (Å²) in [6, 6.07) is 1.79. The number of H-pyrrole nitrogens is 1. The number of hydrogen-bond acceptors (Lipinski definition) is 5. The Balaban J connectivity index is 1.78. The molecule has 0 aromatic carbocycles. The van der Waals surface area contributed by atoms with Crippen LogP contribution in [0.15, 0.2) is 24.4 Å². The smallest absolute Gasteiger partial charge is 0.270 e. The predicted octanol–water partition coefficient (Wildman–Crippen LogP) is 4.62. The van der Waals surface area contributed by atoms with Gasteiger partial charge < -0.3 is 10.6 Å². The molecule has 3 rings (SSSR count). The van der Waals surface area contributed by atoms with Crippen molar-refractivity contribution >= 4 is 40.8 Å². The molecule has 0 aliphatic rings. The Hall–Kier alpha value is -3.12. The van der Waals surface area contributed by atoms with E-state index < -0.39 is 48.0 Å². The fraction of sp³-hybridized carbons (Fsp3) is 0.435. The maximum absolute atomic E-state index is 14.8. The third-order valence-corrected chi connectivity index (χ3v) is 6.08. The summed E-state index contributed by atoms with van der Waals surface area (Å²) < 4.78 is 42.1. The average Bonchev–Trinajstić information content (AvgIpc) is 3.46. The molecule has 0 radical (unpaired) electrons. The molecule has 3 heterocycles. The van der Waals surface area contributed by atoms with Crippen molar-refractivity contribution in [2.75, 3.05) is 18.7 Å². The van der Waals surface area contributed by atoms with Crippen LogP contribution >= 0.6 is 23.2 Å². The van der Waals surface area contributed by atoms with E-state index in [9.17, 15) is 22.8 Å². The summed E-state index contributed by atoms with van der Waals surface area (Å²) in [7, 11) is 0. The van der Waals surface area contributed by atoms with E-state index in [1.54, 1.807) is 13.8 Å². The molecular weight excluding hydrogens is 534 g/mol. The molecule has 3 aromatic rings. The number of aryl methyl sites for hydroxylation is 2. The molecule has 37 heavy (non-hydrogen) atoms. The van der Waals surface area contributed by atoms with Crippen LogP contribution in [0.1, 0.15) is 47.2 Å². The summed E-state index contributed by atoms with van der Waals surface area (Å²) in [5.41, 5.74) is 1.92. The summed E-state index contributed by atoms with van der Waals surface area (Å²) in [5, 5.41) is 15.7. The minimum absolute atomic E-state index is 0.0724. The predicted molar refractivity (Wildman–Crippen MR) is 134 cm³/mol. The van der Waals surface area contributed by atoms with Gasteiger partial charge in [0, 0.05) is 23.0 Å². The van der Waals surface area contributed by atoms with Gasteiger partial charge in [0.15, 0.2) is 0 Å². The first kappa shape index (κ1) is 28.5. The van der Waals surface area contributed by atoms with Gasteiger partial charge in [0.2, 0.25) is 11.9 Å². The second-order valence-corrected chi connectivity index (χ2v) is 9.58. The highest BCUT2D eigenvalue weighted by molar-refractivity contribution is 6.44. The fourth-order valence-electron chi connectivity index (χ4n) is 3.79. The maximum Gasteiger partial charge on any atom is 0.270 e. The van der Waals surface area contributed by atoms with Crippen molar-refractivity contribution in [3.05, 3.63) is 47.4 Å². The van der Waals surface area contributed by atoms with E-state index in [4.69, 9.17) is 23.2 Å². The Morgan fingerprint density at radius 3 is 2.46 bits per heavy atom. The van der Waals surface area contributed by atoms with Crippen molar-refractivity contribution in [3.8, 4) is 11.1 Å². The molecule has 0 aliphatic carbocycles. The van der Waals surface area contributed by atoms with Gasteiger partial charge in [-0.15, -0.1) is 23.2 Å². The highest BCUT2D eigenvalue weighted by Crippen LogP contribution is 2.28. The van der Waals surface area contributed by atoms with Crippen LogP contribution in [0.2, 0.25) is 0 Å². The Kier molecular flexibility index (Phi) is 9.93. The summed E-state index contributed by atoms with van der Waals surface area (Å²) in [5.74, 6) is -2.33. The molecular formula is C23H26Cl2F3N7O2. The second-order valence-electron chi connectivity index (χ2n) is 8.30. The average molecular weight is 560 g/mol. The second kappa shape index (κ2) is 12.9. The number of aromatic amines is 1. The van der Waals surface area contributed by atoms with Gasteiger partial charge >= 0.3 is 0 Å². The Morgan fingerprint density at radius 2 is 1.86 bits per heavy atom. The Bertz CT molecular complexity index is 1210. The molecule has 0 spiro atoms. The third-order valence-electron chi connectivity index (χ3n) is 5.64. The number of carbonyl (C=O) groups is 2. The van der Waals surface area contributed by atoms with Crippen LogP contribution in [0.5, 0.6) is 0 Å². The van der Waals surface area contributed by atoms with Crippen LogP contribution in [-0.4, -0.2) is 61.0 Å². The van der Waals surface area contributed by atoms with E-state index in [1.807, 2.05) is 0 Å². The number of amides is 2. The zero-order chi connectivity index (χ0) is 27.1. The summed E-state index contributed by atoms with van der Waals surface area (Å²) >= 11 is 11.6. The molecule has 200 valence electrons. The van der Waals surface area contributed by atoms with Crippen molar-refractivity contribution < 1.29 is 22.8 Å². The van der Waals surface area contributed by atoms with Crippen molar-refractivity contribution in [1.82, 2.24) is 30.3 Å². The molecule has 3 N–H and O–H groups in total. The van der Waals surface area contributed by atoms with E-state index in [-0.39, 0.29) is 23.5 Å². The number of carbonyl (C=O) groups excluding carboxylic acids is 2. The molecule has 1 atom stereocenters. The first-order valence-corrected chi connectivity index (χ1v) is 12.3. The van der Waals surface area contributed by atoms with Crippen molar-refractivity contribution in [1.29, 1.82) is 0 Å². The van der Waals surface area contributed by atoms with Crippen LogP contribution in [0, 0.1) is 19.8 Å². The standard InChI is InChI=1S/C23H26Cl2F3N7O2/c1-12-20(13(2)34-33-12)15-6-7-19(31-21(15)28)32-22(36)16(4-3-5-18(24)25)30-23(37)17-8-9-29-35(17)14(10-26)11-27/h6-9,14,16,18H,3-5,10-11H2,1-2H3,(H,30,37)(H,33,34)(H,31,32,36)/t16-/m0/s1. The molecule has 9 nitrogen and oxygen atoms in total. The normalized spacial score (nSPS) is 12.2. The van der Waals surface area contributed by atoms with Gasteiger partial charge in [-0.25, -0.2) is 13.8 Å². The van der Waals surface area contributed by atoms with Gasteiger partial charge in [-0.05, 0) is 51.3 Å². The highest BCUT2D eigenvalue weighted by Gasteiger charge is 2.26. The number of hydrogen-bond donors (Lipinski definition) is 3. The minimum Gasteiger partial charge on any atom is -0.339 e. The van der Waals surface area contributed by atoms with Crippen molar-refractivity contribution in [2.24, 2.45) is 0 Å². The van der Waals surface area contributed by atoms with Gasteiger partial charge in [0.1, 0.15) is 41.8 Å². The summed E-state index contributed by atoms with van der Waals surface area (Å²) in [6.45, 7) is 1.34. The minimum atomic E-state index is -1.27. The first-order valence-electron chi connectivity index (χ1n) is 11.4. The zero-order valence-electron chi connectivity index (χ0n) is 20.1. The number of alkyl halides is 4. The molecule has 0 saturated carbocycles. The van der Waals surface area contributed by atoms with Crippen molar-refractivity contribution in [2.45, 2.75) is 50.0 Å². The fourth-order valence-corrected chi connectivity index (χ4v) is 4.09. The molecule has 0 bridgehead atoms. The van der Waals surface area contributed by atoms with E-state index in [1.165, 1.54) is 24.4 Å². The summed E-state index contributed by atoms with van der Waals surface area (Å²) in [6.07, 6.45) is 2.07. The lowest BCUT2D eigenvalue weighted by atomic mass is 10.1. The van der Waals surface area contributed by atoms with Crippen LogP contribution in [0.4, 0.5) is 19.0 Å². The van der Waals surface area contributed by atoms with Crippen LogP contribution in [-0.2, 0) is 4.79 Å². The van der Waals surface area contributed by atoms with Gasteiger partial charge in [0.05, 0.1) is 5.69 Å². The molecule has 3 aromatic heterocycles. The number of rotatable bonds is 12. The molecule has 14 heteroatoms. The lowest BCUT2D eigenvalue weighted by Gasteiger charge is -2.20. The summed E-state index contributed by atoms with van der Waals surface area (Å²) in [4.78, 5) is 29.1. The molecule has 0 unspecified atom stereocenters. The van der Waals surface area contributed by atoms with E-state index >= 15 is 0 Å². The number of anilines is 1. The van der Waals surface area contributed by atoms with Crippen LogP contribution in [0.25, 0.3) is 11.1 Å². The number of aromatic nitrogens is 5. The van der Waals surface area contributed by atoms with Gasteiger partial charge in [-0.1, -0.05) is 0 Å². The topological polar surface area (TPSA) is 118 Å². The molecule has 0 fully saturated rings. The molecule has 2 amide bonds. The van der Waals surface area contributed by atoms with E-state index in [2.05, 4.69) is 30.9 Å². The number of pyridine rings is 1. The Morgan fingerprint density at radius 1 is 1.14 bits per heavy atom. The first-order chi connectivity index (χ1) is 17.7. The van der Waals surface area contributed by atoms with Crippen LogP contribution < -0.4 is 10.6 Å². The monoisotopic (exact) mass is 559 g/mol. The maximum atomic E-state index is 14.8. The number of nitrogens with zero attached hydrogens (tertiary/aromatic N) is 4. The van der Waals surface area contributed by atoms with Gasteiger partial charge in [-0.3, -0.25) is 19.4 Å². The number of nitrogens with one attached hydrogen (secondary N) is 3. The SMILES string of the molecule is Cc1n[nH]c(C)c1-c1ccc(NC(=O)[C@H](CCCC(Cl)Cl)NC(=O)c2ccnn2C(CF)CF)nc1F. The third kappa shape index (κ3) is 7.01. The lowest BCUT2D eigenvalue weighted by molar-refractivity contribution is -0.118. The zero-order valence-corrected chi connectivity index (χ0v) is 21.6. The largest absolute Gasteiger partial charge is 0.339 e.